The van der Waals surface area contributed by atoms with E-state index in [1.165, 1.54) is 6.92 Å². The highest BCUT2D eigenvalue weighted by molar-refractivity contribution is 5.93. The van der Waals surface area contributed by atoms with E-state index in [-0.39, 0.29) is 35.3 Å². The highest BCUT2D eigenvalue weighted by Gasteiger charge is 2.37. The maximum atomic E-state index is 12.7. The Bertz CT molecular complexity index is 1140. The Morgan fingerprint density at radius 1 is 1.19 bits per heavy atom. The first-order chi connectivity index (χ1) is 15.3. The number of nitrogens with one attached hydrogen (secondary N) is 1. The summed E-state index contributed by atoms with van der Waals surface area (Å²) in [7, 11) is 0. The van der Waals surface area contributed by atoms with Crippen LogP contribution in [0.3, 0.4) is 0 Å². The van der Waals surface area contributed by atoms with Crippen LogP contribution < -0.4 is 15.8 Å². The predicted octanol–water partition coefficient (Wildman–Crippen LogP) is 4.08. The number of carbonyl (C=O) groups excluding carboxylic acids is 2. The van der Waals surface area contributed by atoms with Crippen LogP contribution in [0.5, 0.6) is 11.5 Å². The Labute approximate surface area is 185 Å². The van der Waals surface area contributed by atoms with Crippen molar-refractivity contribution in [3.63, 3.8) is 0 Å². The number of hydrogen-bond donors (Lipinski definition) is 2. The van der Waals surface area contributed by atoms with Gasteiger partial charge in [0.15, 0.2) is 0 Å². The second kappa shape index (κ2) is 9.71. The molecule has 2 aromatic carbocycles. The minimum absolute atomic E-state index is 0.0717. The molecule has 0 saturated carbocycles. The summed E-state index contributed by atoms with van der Waals surface area (Å²) in [6, 6.07) is 15.9. The quantitative estimate of drug-likeness (QED) is 0.658. The number of esters is 1. The summed E-state index contributed by atoms with van der Waals surface area (Å²) < 4.78 is 16.7. The monoisotopic (exact) mass is 433 g/mol. The van der Waals surface area contributed by atoms with Crippen LogP contribution in [-0.4, -0.2) is 18.5 Å². The number of hydrogen-bond acceptors (Lipinski definition) is 7. The van der Waals surface area contributed by atoms with Crippen LogP contribution in [0.15, 0.2) is 71.3 Å². The number of rotatable bonds is 6. The van der Waals surface area contributed by atoms with Crippen molar-refractivity contribution in [2.45, 2.75) is 26.7 Å². The van der Waals surface area contributed by atoms with Gasteiger partial charge >= 0.3 is 5.97 Å². The van der Waals surface area contributed by atoms with Gasteiger partial charge in [-0.1, -0.05) is 18.2 Å². The molecule has 0 spiro atoms. The van der Waals surface area contributed by atoms with Crippen molar-refractivity contribution in [1.82, 2.24) is 0 Å². The molecular formula is C24H23N3O5. The van der Waals surface area contributed by atoms with E-state index in [9.17, 15) is 14.9 Å². The molecule has 0 aliphatic carbocycles. The van der Waals surface area contributed by atoms with E-state index in [2.05, 4.69) is 11.4 Å². The molecule has 1 heterocycles. The third-order valence-corrected chi connectivity index (χ3v) is 4.73. The van der Waals surface area contributed by atoms with E-state index in [0.717, 1.165) is 0 Å². The van der Waals surface area contributed by atoms with Gasteiger partial charge in [-0.15, -0.1) is 0 Å². The van der Waals surface area contributed by atoms with E-state index in [4.69, 9.17) is 19.9 Å². The summed E-state index contributed by atoms with van der Waals surface area (Å²) in [6.45, 7) is 4.90. The standard InChI is InChI=1S/C24H23N3O5/c1-4-30-24(29)21-14(2)31-23(26)19(13-25)22(21)18-7-5-6-8-20(18)32-17-11-9-16(10-12-17)27-15(3)28/h5-12,22H,4,26H2,1-3H3,(H,27,28). The summed E-state index contributed by atoms with van der Waals surface area (Å²) in [6.07, 6.45) is 0. The number of anilines is 1. The molecule has 0 bridgehead atoms. The largest absolute Gasteiger partial charge is 0.463 e. The minimum Gasteiger partial charge on any atom is -0.463 e. The van der Waals surface area contributed by atoms with Gasteiger partial charge in [0.05, 0.1) is 18.1 Å². The molecule has 32 heavy (non-hydrogen) atoms. The van der Waals surface area contributed by atoms with Gasteiger partial charge < -0.3 is 25.3 Å². The van der Waals surface area contributed by atoms with Gasteiger partial charge in [-0.3, -0.25) is 4.79 Å². The van der Waals surface area contributed by atoms with Gasteiger partial charge in [-0.2, -0.15) is 5.26 Å². The maximum absolute atomic E-state index is 12.7. The fourth-order valence-corrected chi connectivity index (χ4v) is 3.41. The Morgan fingerprint density at radius 2 is 1.88 bits per heavy atom. The van der Waals surface area contributed by atoms with Crippen LogP contribution in [0.4, 0.5) is 5.69 Å². The lowest BCUT2D eigenvalue weighted by atomic mass is 9.82. The fourth-order valence-electron chi connectivity index (χ4n) is 3.41. The van der Waals surface area contributed by atoms with Crippen molar-refractivity contribution in [1.29, 1.82) is 5.26 Å². The zero-order chi connectivity index (χ0) is 23.3. The predicted molar refractivity (Wildman–Crippen MR) is 117 cm³/mol. The number of benzene rings is 2. The zero-order valence-electron chi connectivity index (χ0n) is 18.0. The SMILES string of the molecule is CCOC(=O)C1=C(C)OC(N)=C(C#N)C1c1ccccc1Oc1ccc(NC(C)=O)cc1. The Hall–Kier alpha value is -4.25. The molecule has 8 heteroatoms. The number of nitrogens with zero attached hydrogens (tertiary/aromatic N) is 1. The van der Waals surface area contributed by atoms with Crippen molar-refractivity contribution in [3.05, 3.63) is 76.9 Å². The van der Waals surface area contributed by atoms with E-state index >= 15 is 0 Å². The van der Waals surface area contributed by atoms with Crippen molar-refractivity contribution < 1.29 is 23.8 Å². The molecule has 164 valence electrons. The molecule has 1 unspecified atom stereocenters. The average molecular weight is 433 g/mol. The normalized spacial score (nSPS) is 15.5. The summed E-state index contributed by atoms with van der Waals surface area (Å²) in [5.74, 6) is -0.454. The van der Waals surface area contributed by atoms with Gasteiger partial charge in [0.2, 0.25) is 11.8 Å². The average Bonchev–Trinajstić information content (AvgIpc) is 2.75. The summed E-state index contributed by atoms with van der Waals surface area (Å²) >= 11 is 0. The van der Waals surface area contributed by atoms with Crippen molar-refractivity contribution in [2.75, 3.05) is 11.9 Å². The topological polar surface area (TPSA) is 124 Å². The van der Waals surface area contributed by atoms with Gasteiger partial charge in [0.25, 0.3) is 0 Å². The molecule has 8 nitrogen and oxygen atoms in total. The van der Waals surface area contributed by atoms with E-state index in [0.29, 0.717) is 22.7 Å². The number of amides is 1. The Kier molecular flexibility index (Phi) is 6.80. The van der Waals surface area contributed by atoms with Crippen LogP contribution in [0.25, 0.3) is 0 Å². The highest BCUT2D eigenvalue weighted by Crippen LogP contribution is 2.43. The molecule has 0 aromatic heterocycles. The third-order valence-electron chi connectivity index (χ3n) is 4.73. The van der Waals surface area contributed by atoms with Crippen molar-refractivity contribution in [3.8, 4) is 17.6 Å². The molecule has 2 aromatic rings. The first kappa shape index (κ1) is 22.4. The number of para-hydroxylation sites is 1. The molecule has 1 aliphatic heterocycles. The lowest BCUT2D eigenvalue weighted by Gasteiger charge is -2.28. The summed E-state index contributed by atoms with van der Waals surface area (Å²) in [5, 5.41) is 12.5. The van der Waals surface area contributed by atoms with Gasteiger partial charge in [-0.05, 0) is 44.2 Å². The number of carbonyl (C=O) groups is 2. The number of allylic oxidation sites excluding steroid dienone is 2. The number of ether oxygens (including phenoxy) is 3. The van der Waals surface area contributed by atoms with Crippen LogP contribution in [0.1, 0.15) is 32.3 Å². The molecule has 3 N–H and O–H groups in total. The highest BCUT2D eigenvalue weighted by atomic mass is 16.5. The van der Waals surface area contributed by atoms with E-state index in [1.54, 1.807) is 62.4 Å². The van der Waals surface area contributed by atoms with E-state index < -0.39 is 11.9 Å². The molecule has 0 fully saturated rings. The van der Waals surface area contributed by atoms with Crippen LogP contribution >= 0.6 is 0 Å². The van der Waals surface area contributed by atoms with Crippen LogP contribution in [-0.2, 0) is 19.1 Å². The maximum Gasteiger partial charge on any atom is 0.338 e. The lowest BCUT2D eigenvalue weighted by Crippen LogP contribution is -2.25. The zero-order valence-corrected chi connectivity index (χ0v) is 18.0. The molecule has 1 amide bonds. The molecule has 0 radical (unpaired) electrons. The van der Waals surface area contributed by atoms with Crippen LogP contribution in [0, 0.1) is 11.3 Å². The molecule has 1 atom stereocenters. The number of nitrogens with two attached hydrogens (primary N) is 1. The lowest BCUT2D eigenvalue weighted by molar-refractivity contribution is -0.139. The smallest absolute Gasteiger partial charge is 0.338 e. The first-order valence-corrected chi connectivity index (χ1v) is 9.95. The minimum atomic E-state index is -0.817. The Balaban J connectivity index is 2.04. The number of nitriles is 1. The third kappa shape index (κ3) is 4.73. The van der Waals surface area contributed by atoms with E-state index in [1.807, 2.05) is 0 Å². The molecule has 0 saturated heterocycles. The summed E-state index contributed by atoms with van der Waals surface area (Å²) in [4.78, 5) is 24.0. The molecule has 3 rings (SSSR count). The van der Waals surface area contributed by atoms with Crippen molar-refractivity contribution >= 4 is 17.6 Å². The van der Waals surface area contributed by atoms with Crippen molar-refractivity contribution in [2.24, 2.45) is 5.73 Å². The van der Waals surface area contributed by atoms with Gasteiger partial charge in [0.1, 0.15) is 28.9 Å². The van der Waals surface area contributed by atoms with Gasteiger partial charge in [-0.25, -0.2) is 4.79 Å². The first-order valence-electron chi connectivity index (χ1n) is 9.95. The second-order valence-electron chi connectivity index (χ2n) is 6.96. The fraction of sp³-hybridized carbons (Fsp3) is 0.208. The molecular weight excluding hydrogens is 410 g/mol. The second-order valence-corrected chi connectivity index (χ2v) is 6.96. The van der Waals surface area contributed by atoms with Crippen LogP contribution in [0.2, 0.25) is 0 Å². The Morgan fingerprint density at radius 3 is 2.50 bits per heavy atom. The molecule has 1 aliphatic rings. The van der Waals surface area contributed by atoms with Gasteiger partial charge in [0, 0.05) is 18.2 Å². The summed E-state index contributed by atoms with van der Waals surface area (Å²) in [5.41, 5.74) is 7.45.